The van der Waals surface area contributed by atoms with E-state index in [1.807, 2.05) is 0 Å². The minimum atomic E-state index is -5.17. The summed E-state index contributed by atoms with van der Waals surface area (Å²) in [6, 6.07) is 0. The zero-order valence-electron chi connectivity index (χ0n) is 68.0. The normalized spacial score (nSPS) is 12.0. The van der Waals surface area contributed by atoms with Gasteiger partial charge in [0.05, 0.1) is 53.7 Å². The summed E-state index contributed by atoms with van der Waals surface area (Å²) >= 11 is 0. The molecule has 12 nitrogen and oxygen atoms in total. The molecule has 600 valence electrons. The molecule has 0 aliphatic carbocycles. The van der Waals surface area contributed by atoms with E-state index in [2.05, 4.69) is 41.8 Å². The monoisotopic (exact) mass is 1430 g/mol. The van der Waals surface area contributed by atoms with Crippen molar-refractivity contribution in [2.45, 2.75) is 439 Å². The van der Waals surface area contributed by atoms with Gasteiger partial charge in [-0.25, -0.2) is 0 Å². The van der Waals surface area contributed by atoms with Crippen LogP contribution in [0, 0.1) is 0 Å². The zero-order chi connectivity index (χ0) is 72.9. The van der Waals surface area contributed by atoms with Crippen LogP contribution in [0.4, 0.5) is 0 Å². The molecule has 0 aromatic carbocycles. The summed E-state index contributed by atoms with van der Waals surface area (Å²) in [6.07, 6.45) is 89.9. The molecule has 0 bridgehead atoms. The molecule has 0 heterocycles. The maximum absolute atomic E-state index is 9.62. The number of quaternary nitrogens is 2. The SMILES string of the molecule is CCCCCCCCCCCCCCCCCCOCC[N+](C)(CCO)CCOCCCCCCCCCCCCCCCCCC.CCCCCCCCCCCCCCCCCCOCC[N+](C)(CCO)CCOCCCCCCCCCCCCCCCCCC.O=S(=O)([O-])[O-]. The first kappa shape index (κ1) is 103. The van der Waals surface area contributed by atoms with Gasteiger partial charge in [-0.2, -0.15) is 0 Å². The molecule has 13 heteroatoms. The predicted molar refractivity (Wildman–Crippen MR) is 428 cm³/mol. The Morgan fingerprint density at radius 2 is 0.323 bits per heavy atom. The molecule has 0 aromatic heterocycles. The molecule has 2 N–H and O–H groups in total. The van der Waals surface area contributed by atoms with Crippen molar-refractivity contribution >= 4 is 10.4 Å². The van der Waals surface area contributed by atoms with Gasteiger partial charge in [-0.1, -0.05) is 413 Å². The fourth-order valence-electron chi connectivity index (χ4n) is 13.7. The molecule has 0 spiro atoms. The second-order valence-electron chi connectivity index (χ2n) is 31.1. The molecule has 0 saturated heterocycles. The quantitative estimate of drug-likeness (QED) is 0.0260. The molecule has 0 atom stereocenters. The molecule has 0 unspecified atom stereocenters. The average molecular weight is 1430 g/mol. The Bertz CT molecular complexity index is 1360. The first-order valence-electron chi connectivity index (χ1n) is 44.2. The standard InChI is InChI=1S/2C43H90NO3.H2O4S/c2*1-4-6-8-10-12-14-16-18-20-22-24-26-28-30-32-34-40-46-42-37-44(3,36-39-45)38-43-47-41-35-33-31-29-27-25-23-21-19-17-15-13-11-9-7-5-2;1-5(2,3)4/h2*45H,4-43H2,1-3H3;(H2,1,2,3,4)/q2*+1;/p-2. The molecular weight excluding hydrogens is 1250 g/mol. The summed E-state index contributed by atoms with van der Waals surface area (Å²) < 4.78 is 59.8. The van der Waals surface area contributed by atoms with Gasteiger partial charge in [0.15, 0.2) is 0 Å². The Morgan fingerprint density at radius 1 is 0.212 bits per heavy atom. The summed E-state index contributed by atoms with van der Waals surface area (Å²) in [4.78, 5) is 0. The number of nitrogens with zero attached hydrogens (tertiary/aromatic N) is 2. The highest BCUT2D eigenvalue weighted by molar-refractivity contribution is 7.79. The highest BCUT2D eigenvalue weighted by atomic mass is 32.3. The van der Waals surface area contributed by atoms with Crippen molar-refractivity contribution < 1.29 is 55.6 Å². The largest absolute Gasteiger partial charge is 0.759 e. The lowest BCUT2D eigenvalue weighted by atomic mass is 10.0. The van der Waals surface area contributed by atoms with Gasteiger partial charge in [-0.3, -0.25) is 8.42 Å². The number of unbranched alkanes of at least 4 members (excludes halogenated alkanes) is 60. The van der Waals surface area contributed by atoms with Gasteiger partial charge in [-0.15, -0.1) is 0 Å². The minimum Gasteiger partial charge on any atom is -0.759 e. The van der Waals surface area contributed by atoms with Crippen LogP contribution in [-0.2, 0) is 29.3 Å². The third kappa shape index (κ3) is 97.6. The van der Waals surface area contributed by atoms with Crippen molar-refractivity contribution in [2.75, 3.05) is 119 Å². The average Bonchev–Trinajstić information content (AvgIpc) is 0.990. The van der Waals surface area contributed by atoms with Gasteiger partial charge < -0.3 is 47.2 Å². The van der Waals surface area contributed by atoms with E-state index in [9.17, 15) is 10.2 Å². The van der Waals surface area contributed by atoms with E-state index in [-0.39, 0.29) is 13.2 Å². The van der Waals surface area contributed by atoms with Crippen molar-refractivity contribution in [1.82, 2.24) is 0 Å². The molecule has 0 amide bonds. The Labute approximate surface area is 620 Å². The predicted octanol–water partition coefficient (Wildman–Crippen LogP) is 24.6. The molecule has 0 saturated carbocycles. The highest BCUT2D eigenvalue weighted by Crippen LogP contribution is 2.19. The summed E-state index contributed by atoms with van der Waals surface area (Å²) in [5.41, 5.74) is 0. The van der Waals surface area contributed by atoms with Crippen LogP contribution in [0.25, 0.3) is 0 Å². The zero-order valence-corrected chi connectivity index (χ0v) is 68.8. The van der Waals surface area contributed by atoms with Crippen LogP contribution in [0.1, 0.15) is 439 Å². The van der Waals surface area contributed by atoms with E-state index in [0.717, 1.165) is 101 Å². The van der Waals surface area contributed by atoms with Crippen molar-refractivity contribution in [3.8, 4) is 0 Å². The summed E-state index contributed by atoms with van der Waals surface area (Å²) in [5, 5.41) is 19.2. The molecule has 0 aliphatic rings. The fraction of sp³-hybridized carbons (Fsp3) is 1.00. The van der Waals surface area contributed by atoms with Crippen LogP contribution < -0.4 is 0 Å². The second-order valence-corrected chi connectivity index (χ2v) is 31.9. The summed E-state index contributed by atoms with van der Waals surface area (Å²) in [5.74, 6) is 0. The number of hydrogen-bond acceptors (Lipinski definition) is 10. The topological polar surface area (TPSA) is 158 Å². The van der Waals surface area contributed by atoms with Crippen molar-refractivity contribution in [1.29, 1.82) is 0 Å². The lowest BCUT2D eigenvalue weighted by Crippen LogP contribution is -2.50. The number of ether oxygens (including phenoxy) is 4. The van der Waals surface area contributed by atoms with Crippen LogP contribution in [0.15, 0.2) is 0 Å². The van der Waals surface area contributed by atoms with Gasteiger partial charge in [0.2, 0.25) is 0 Å². The van der Waals surface area contributed by atoms with E-state index >= 15 is 0 Å². The van der Waals surface area contributed by atoms with Gasteiger partial charge >= 0.3 is 0 Å². The van der Waals surface area contributed by atoms with Crippen LogP contribution in [0.2, 0.25) is 0 Å². The Kier molecular flexibility index (Phi) is 91.5. The fourth-order valence-corrected chi connectivity index (χ4v) is 13.7. The second kappa shape index (κ2) is 88.2. The number of hydrogen-bond donors (Lipinski definition) is 2. The van der Waals surface area contributed by atoms with E-state index in [1.165, 1.54) is 411 Å². The number of rotatable bonds is 84. The van der Waals surface area contributed by atoms with E-state index in [4.69, 9.17) is 36.5 Å². The van der Waals surface area contributed by atoms with Crippen LogP contribution in [0.5, 0.6) is 0 Å². The highest BCUT2D eigenvalue weighted by Gasteiger charge is 2.22. The van der Waals surface area contributed by atoms with Gasteiger partial charge in [0.1, 0.15) is 39.3 Å². The molecule has 0 fully saturated rings. The van der Waals surface area contributed by atoms with E-state index < -0.39 is 10.4 Å². The smallest absolute Gasteiger partial charge is 0.102 e. The first-order chi connectivity index (χ1) is 48.4. The number of aliphatic hydroxyl groups excluding tert-OH is 2. The van der Waals surface area contributed by atoms with Crippen molar-refractivity contribution in [2.24, 2.45) is 0 Å². The van der Waals surface area contributed by atoms with Crippen LogP contribution in [0.3, 0.4) is 0 Å². The lowest BCUT2D eigenvalue weighted by molar-refractivity contribution is -0.910. The third-order valence-corrected chi connectivity index (χ3v) is 21.0. The summed E-state index contributed by atoms with van der Waals surface area (Å²) in [7, 11) is -0.682. The molecule has 99 heavy (non-hydrogen) atoms. The molecular formula is C86H180N2O10S. The molecule has 0 aromatic rings. The minimum absolute atomic E-state index is 0.231. The lowest BCUT2D eigenvalue weighted by Gasteiger charge is -2.33. The molecule has 0 rings (SSSR count). The maximum Gasteiger partial charge on any atom is 0.102 e. The van der Waals surface area contributed by atoms with E-state index in [1.54, 1.807) is 0 Å². The van der Waals surface area contributed by atoms with Crippen LogP contribution in [-0.4, -0.2) is 156 Å². The summed E-state index contributed by atoms with van der Waals surface area (Å²) in [6.45, 7) is 21.7. The van der Waals surface area contributed by atoms with Gasteiger partial charge in [-0.05, 0) is 25.7 Å². The molecule has 0 radical (unpaired) electrons. The van der Waals surface area contributed by atoms with Gasteiger partial charge in [0, 0.05) is 36.8 Å². The first-order valence-corrected chi connectivity index (χ1v) is 45.6. The van der Waals surface area contributed by atoms with Gasteiger partial charge in [0.25, 0.3) is 0 Å². The molecule has 0 aliphatic heterocycles. The third-order valence-electron chi connectivity index (χ3n) is 21.0. The van der Waals surface area contributed by atoms with Crippen molar-refractivity contribution in [3.63, 3.8) is 0 Å². The van der Waals surface area contributed by atoms with E-state index in [0.29, 0.717) is 0 Å². The Morgan fingerprint density at radius 3 is 0.434 bits per heavy atom. The Hall–Kier alpha value is -0.450. The Balaban J connectivity index is -0.00000174. The van der Waals surface area contributed by atoms with Crippen LogP contribution >= 0.6 is 0 Å². The number of aliphatic hydroxyl groups is 2. The number of likely N-dealkylation sites (N-methyl/N-ethyl adjacent to an activating group) is 2. The van der Waals surface area contributed by atoms with Crippen molar-refractivity contribution in [3.05, 3.63) is 0 Å². The maximum atomic E-state index is 9.62.